The second-order valence-corrected chi connectivity index (χ2v) is 6.21. The van der Waals surface area contributed by atoms with Crippen LogP contribution in [-0.2, 0) is 9.53 Å². The van der Waals surface area contributed by atoms with Gasteiger partial charge in [0.05, 0.1) is 18.8 Å². The molecule has 1 aliphatic heterocycles. The van der Waals surface area contributed by atoms with E-state index in [2.05, 4.69) is 0 Å². The van der Waals surface area contributed by atoms with E-state index in [1.807, 2.05) is 79.4 Å². The number of morpholine rings is 1. The average Bonchev–Trinajstić information content (AvgIpc) is 2.63. The van der Waals surface area contributed by atoms with Gasteiger partial charge in [0, 0.05) is 12.1 Å². The largest absolute Gasteiger partial charge is 0.476 e. The third-order valence-electron chi connectivity index (χ3n) is 4.21. The van der Waals surface area contributed by atoms with E-state index in [-0.39, 0.29) is 18.1 Å². The summed E-state index contributed by atoms with van der Waals surface area (Å²) < 4.78 is 11.7. The minimum absolute atomic E-state index is 0.0206. The van der Waals surface area contributed by atoms with Crippen molar-refractivity contribution in [2.24, 2.45) is 0 Å². The quantitative estimate of drug-likeness (QED) is 0.864. The highest BCUT2D eigenvalue weighted by atomic mass is 16.5. The zero-order valence-electron chi connectivity index (χ0n) is 14.1. The third-order valence-corrected chi connectivity index (χ3v) is 4.21. The van der Waals surface area contributed by atoms with Crippen LogP contribution < -0.4 is 4.74 Å². The van der Waals surface area contributed by atoms with E-state index >= 15 is 0 Å². The standard InChI is InChI=1S/C20H23NO3/c1-15-14-23-16(2)13-21(15)20(22)19(17-9-5-3-6-10-17)24-18-11-7-4-8-12-18/h3-12,15-16,19H,13-14H2,1-2H3. The second kappa shape index (κ2) is 7.49. The summed E-state index contributed by atoms with van der Waals surface area (Å²) in [5.74, 6) is 0.668. The molecule has 0 aromatic heterocycles. The smallest absolute Gasteiger partial charge is 0.268 e. The number of amides is 1. The minimum atomic E-state index is -0.652. The Morgan fingerprint density at radius 1 is 1.08 bits per heavy atom. The van der Waals surface area contributed by atoms with Crippen LogP contribution in [0.15, 0.2) is 60.7 Å². The van der Waals surface area contributed by atoms with Gasteiger partial charge in [0.25, 0.3) is 5.91 Å². The van der Waals surface area contributed by atoms with Gasteiger partial charge in [-0.3, -0.25) is 4.79 Å². The second-order valence-electron chi connectivity index (χ2n) is 6.21. The van der Waals surface area contributed by atoms with E-state index in [0.717, 1.165) is 5.56 Å². The molecule has 0 spiro atoms. The fraction of sp³-hybridized carbons (Fsp3) is 0.350. The van der Waals surface area contributed by atoms with Gasteiger partial charge in [0.2, 0.25) is 6.10 Å². The Kier molecular flexibility index (Phi) is 5.16. The van der Waals surface area contributed by atoms with Gasteiger partial charge in [-0.1, -0.05) is 48.5 Å². The Labute approximate surface area is 143 Å². The predicted octanol–water partition coefficient (Wildman–Crippen LogP) is 3.44. The van der Waals surface area contributed by atoms with Crippen LogP contribution in [0.25, 0.3) is 0 Å². The van der Waals surface area contributed by atoms with E-state index in [1.54, 1.807) is 0 Å². The first-order valence-corrected chi connectivity index (χ1v) is 8.34. The number of benzene rings is 2. The molecule has 0 saturated carbocycles. The first kappa shape index (κ1) is 16.5. The summed E-state index contributed by atoms with van der Waals surface area (Å²) in [7, 11) is 0. The van der Waals surface area contributed by atoms with Crippen molar-refractivity contribution in [3.8, 4) is 5.75 Å². The molecule has 3 unspecified atom stereocenters. The van der Waals surface area contributed by atoms with Crippen molar-refractivity contribution in [3.05, 3.63) is 66.2 Å². The van der Waals surface area contributed by atoms with Gasteiger partial charge < -0.3 is 14.4 Å². The van der Waals surface area contributed by atoms with Crippen molar-refractivity contribution >= 4 is 5.91 Å². The number of nitrogens with zero attached hydrogens (tertiary/aromatic N) is 1. The van der Waals surface area contributed by atoms with Crippen molar-refractivity contribution in [2.45, 2.75) is 32.1 Å². The SMILES string of the molecule is CC1CN(C(=O)C(Oc2ccccc2)c2ccccc2)C(C)CO1. The van der Waals surface area contributed by atoms with Crippen LogP contribution in [0.4, 0.5) is 0 Å². The third kappa shape index (κ3) is 3.77. The van der Waals surface area contributed by atoms with E-state index in [0.29, 0.717) is 18.9 Å². The maximum Gasteiger partial charge on any atom is 0.268 e. The zero-order chi connectivity index (χ0) is 16.9. The molecule has 1 fully saturated rings. The van der Waals surface area contributed by atoms with Gasteiger partial charge in [-0.25, -0.2) is 0 Å². The molecule has 0 aliphatic carbocycles. The lowest BCUT2D eigenvalue weighted by Gasteiger charge is -2.38. The molecule has 3 atom stereocenters. The van der Waals surface area contributed by atoms with E-state index in [4.69, 9.17) is 9.47 Å². The Morgan fingerprint density at radius 2 is 1.71 bits per heavy atom. The van der Waals surface area contributed by atoms with Crippen molar-refractivity contribution in [1.29, 1.82) is 0 Å². The molecule has 2 aromatic rings. The predicted molar refractivity (Wildman–Crippen MR) is 92.8 cm³/mol. The van der Waals surface area contributed by atoms with Crippen molar-refractivity contribution < 1.29 is 14.3 Å². The number of carbonyl (C=O) groups excluding carboxylic acids is 1. The average molecular weight is 325 g/mol. The molecule has 0 bridgehead atoms. The molecule has 2 aromatic carbocycles. The lowest BCUT2D eigenvalue weighted by Crippen LogP contribution is -2.52. The first-order chi connectivity index (χ1) is 11.6. The van der Waals surface area contributed by atoms with Crippen LogP contribution in [0.2, 0.25) is 0 Å². The summed E-state index contributed by atoms with van der Waals surface area (Å²) in [6.45, 7) is 5.14. The van der Waals surface area contributed by atoms with Crippen LogP contribution in [-0.4, -0.2) is 36.1 Å². The Balaban J connectivity index is 1.87. The normalized spacial score (nSPS) is 22.0. The molecular formula is C20H23NO3. The fourth-order valence-electron chi connectivity index (χ4n) is 2.88. The van der Waals surface area contributed by atoms with Crippen LogP contribution in [0.5, 0.6) is 5.75 Å². The number of para-hydroxylation sites is 1. The molecule has 1 aliphatic rings. The zero-order valence-corrected chi connectivity index (χ0v) is 14.1. The van der Waals surface area contributed by atoms with Gasteiger partial charge in [0.15, 0.2) is 0 Å². The summed E-state index contributed by atoms with van der Waals surface area (Å²) in [6, 6.07) is 19.2. The topological polar surface area (TPSA) is 38.8 Å². The summed E-state index contributed by atoms with van der Waals surface area (Å²) in [6.07, 6.45) is -0.611. The van der Waals surface area contributed by atoms with E-state index in [9.17, 15) is 4.79 Å². The monoisotopic (exact) mass is 325 g/mol. The molecule has 1 amide bonds. The summed E-state index contributed by atoms with van der Waals surface area (Å²) in [5.41, 5.74) is 0.859. The molecular weight excluding hydrogens is 302 g/mol. The van der Waals surface area contributed by atoms with Gasteiger partial charge in [-0.15, -0.1) is 0 Å². The number of hydrogen-bond donors (Lipinski definition) is 0. The van der Waals surface area contributed by atoms with E-state index < -0.39 is 6.10 Å². The van der Waals surface area contributed by atoms with Gasteiger partial charge in [-0.2, -0.15) is 0 Å². The summed E-state index contributed by atoms with van der Waals surface area (Å²) >= 11 is 0. The molecule has 1 heterocycles. The molecule has 0 N–H and O–H groups in total. The van der Waals surface area contributed by atoms with Gasteiger partial charge >= 0.3 is 0 Å². The van der Waals surface area contributed by atoms with Crippen LogP contribution in [0.1, 0.15) is 25.5 Å². The molecule has 24 heavy (non-hydrogen) atoms. The summed E-state index contributed by atoms with van der Waals surface area (Å²) in [4.78, 5) is 15.1. The van der Waals surface area contributed by atoms with Gasteiger partial charge in [-0.05, 0) is 26.0 Å². The first-order valence-electron chi connectivity index (χ1n) is 8.34. The molecule has 1 saturated heterocycles. The highest BCUT2D eigenvalue weighted by Gasteiger charge is 2.34. The molecule has 126 valence electrons. The molecule has 3 rings (SSSR count). The van der Waals surface area contributed by atoms with Crippen LogP contribution in [0.3, 0.4) is 0 Å². The summed E-state index contributed by atoms with van der Waals surface area (Å²) in [5, 5.41) is 0. The Hall–Kier alpha value is -2.33. The highest BCUT2D eigenvalue weighted by molar-refractivity contribution is 5.83. The Morgan fingerprint density at radius 3 is 2.38 bits per heavy atom. The van der Waals surface area contributed by atoms with Crippen LogP contribution in [0, 0.1) is 0 Å². The number of carbonyl (C=O) groups is 1. The maximum absolute atomic E-state index is 13.2. The molecule has 0 radical (unpaired) electrons. The van der Waals surface area contributed by atoms with Gasteiger partial charge in [0.1, 0.15) is 5.75 Å². The van der Waals surface area contributed by atoms with Crippen molar-refractivity contribution in [2.75, 3.05) is 13.2 Å². The Bertz CT molecular complexity index is 659. The molecule has 4 nitrogen and oxygen atoms in total. The lowest BCUT2D eigenvalue weighted by atomic mass is 10.1. The van der Waals surface area contributed by atoms with Crippen LogP contribution >= 0.6 is 0 Å². The van der Waals surface area contributed by atoms with E-state index in [1.165, 1.54) is 0 Å². The fourth-order valence-corrected chi connectivity index (χ4v) is 2.88. The minimum Gasteiger partial charge on any atom is -0.476 e. The number of rotatable bonds is 4. The van der Waals surface area contributed by atoms with Crippen molar-refractivity contribution in [3.63, 3.8) is 0 Å². The highest BCUT2D eigenvalue weighted by Crippen LogP contribution is 2.26. The number of ether oxygens (including phenoxy) is 2. The number of hydrogen-bond acceptors (Lipinski definition) is 3. The molecule has 4 heteroatoms. The maximum atomic E-state index is 13.2. The van der Waals surface area contributed by atoms with Crippen molar-refractivity contribution in [1.82, 2.24) is 4.90 Å². The lowest BCUT2D eigenvalue weighted by molar-refractivity contribution is -0.151.